The zero-order valence-corrected chi connectivity index (χ0v) is 15.2. The number of pyridine rings is 1. The first-order valence-corrected chi connectivity index (χ1v) is 8.71. The van der Waals surface area contributed by atoms with E-state index < -0.39 is 0 Å². The average molecular weight is 378 g/mol. The molecule has 1 aliphatic rings. The van der Waals surface area contributed by atoms with Gasteiger partial charge in [0, 0.05) is 19.3 Å². The van der Waals surface area contributed by atoms with Gasteiger partial charge in [0.05, 0.1) is 18.4 Å². The number of ether oxygens (including phenoxy) is 1. The number of amides is 2. The average Bonchev–Trinajstić information content (AvgIpc) is 3.28. The van der Waals surface area contributed by atoms with Gasteiger partial charge in [0.25, 0.3) is 5.91 Å². The number of piperazine rings is 1. The van der Waals surface area contributed by atoms with Gasteiger partial charge in [-0.05, 0) is 24.3 Å². The van der Waals surface area contributed by atoms with Crippen LogP contribution in [0.5, 0.6) is 5.75 Å². The minimum absolute atomic E-state index is 0.00404. The molecule has 9 nitrogen and oxygen atoms in total. The first kappa shape index (κ1) is 17.7. The number of carbonyl (C=O) groups excluding carboxylic acids is 2. The minimum Gasteiger partial charge on any atom is -0.495 e. The molecule has 2 amide bonds. The van der Waals surface area contributed by atoms with Gasteiger partial charge in [0.1, 0.15) is 30.8 Å². The highest BCUT2D eigenvalue weighted by atomic mass is 16.5. The number of hydrogen-bond acceptors (Lipinski definition) is 6. The summed E-state index contributed by atoms with van der Waals surface area (Å²) in [6.07, 6.45) is 4.55. The molecule has 0 spiro atoms. The summed E-state index contributed by atoms with van der Waals surface area (Å²) < 4.78 is 6.98. The lowest BCUT2D eigenvalue weighted by atomic mass is 10.2. The highest BCUT2D eigenvalue weighted by molar-refractivity contribution is 6.02. The fraction of sp³-hybridized carbons (Fsp3) is 0.211. The van der Waals surface area contributed by atoms with E-state index in [9.17, 15) is 9.59 Å². The van der Waals surface area contributed by atoms with Crippen molar-refractivity contribution in [3.05, 3.63) is 60.8 Å². The van der Waals surface area contributed by atoms with Crippen molar-refractivity contribution in [2.75, 3.05) is 31.6 Å². The van der Waals surface area contributed by atoms with E-state index in [1.54, 1.807) is 28.7 Å². The minimum atomic E-state index is -0.226. The first-order chi connectivity index (χ1) is 13.7. The van der Waals surface area contributed by atoms with Crippen molar-refractivity contribution in [3.8, 4) is 11.6 Å². The van der Waals surface area contributed by atoms with Crippen LogP contribution in [-0.2, 0) is 4.79 Å². The Labute approximate surface area is 161 Å². The van der Waals surface area contributed by atoms with Gasteiger partial charge in [0.2, 0.25) is 5.91 Å². The zero-order valence-electron chi connectivity index (χ0n) is 15.2. The number of aromatic nitrogens is 4. The van der Waals surface area contributed by atoms with Crippen LogP contribution in [0.3, 0.4) is 0 Å². The number of para-hydroxylation sites is 2. The normalized spacial score (nSPS) is 14.2. The number of methoxy groups -OCH3 is 1. The molecule has 3 heterocycles. The lowest BCUT2D eigenvalue weighted by Crippen LogP contribution is -2.52. The van der Waals surface area contributed by atoms with Gasteiger partial charge >= 0.3 is 0 Å². The third-order valence-electron chi connectivity index (χ3n) is 4.56. The molecular weight excluding hydrogens is 360 g/mol. The van der Waals surface area contributed by atoms with Crippen molar-refractivity contribution in [2.45, 2.75) is 0 Å². The summed E-state index contributed by atoms with van der Waals surface area (Å²) in [4.78, 5) is 32.9. The van der Waals surface area contributed by atoms with E-state index in [1.165, 1.54) is 23.8 Å². The molecule has 0 unspecified atom stereocenters. The third kappa shape index (κ3) is 3.29. The van der Waals surface area contributed by atoms with Gasteiger partial charge in [-0.15, -0.1) is 10.2 Å². The molecule has 2 aromatic heterocycles. The van der Waals surface area contributed by atoms with E-state index in [0.717, 1.165) is 0 Å². The Morgan fingerprint density at radius 3 is 2.54 bits per heavy atom. The van der Waals surface area contributed by atoms with Gasteiger partial charge < -0.3 is 14.5 Å². The van der Waals surface area contributed by atoms with Crippen LogP contribution in [0.4, 0.5) is 5.69 Å². The Morgan fingerprint density at radius 2 is 1.86 bits per heavy atom. The second-order valence-electron chi connectivity index (χ2n) is 6.22. The van der Waals surface area contributed by atoms with E-state index >= 15 is 0 Å². The van der Waals surface area contributed by atoms with Crippen molar-refractivity contribution < 1.29 is 14.3 Å². The summed E-state index contributed by atoms with van der Waals surface area (Å²) in [6, 6.07) is 10.7. The number of benzene rings is 1. The Hall–Kier alpha value is -3.75. The predicted molar refractivity (Wildman–Crippen MR) is 100 cm³/mol. The molecule has 9 heteroatoms. The van der Waals surface area contributed by atoms with Crippen LogP contribution in [-0.4, -0.2) is 63.2 Å². The third-order valence-corrected chi connectivity index (χ3v) is 4.56. The predicted octanol–water partition coefficient (Wildman–Crippen LogP) is 1.16. The van der Waals surface area contributed by atoms with Gasteiger partial charge in [-0.1, -0.05) is 12.1 Å². The molecule has 0 N–H and O–H groups in total. The van der Waals surface area contributed by atoms with E-state index in [0.29, 0.717) is 35.9 Å². The van der Waals surface area contributed by atoms with Crippen LogP contribution >= 0.6 is 0 Å². The van der Waals surface area contributed by atoms with Crippen LogP contribution < -0.4 is 9.64 Å². The zero-order chi connectivity index (χ0) is 19.5. The quantitative estimate of drug-likeness (QED) is 0.676. The molecule has 0 atom stereocenters. The molecular formula is C19H18N6O3. The number of nitrogens with zero attached hydrogens (tertiary/aromatic N) is 6. The Morgan fingerprint density at radius 1 is 1.07 bits per heavy atom. The standard InChI is InChI=1S/C19H18N6O3/c1-28-16-5-3-2-4-15(16)25-9-8-23(11-18(25)26)19(27)14-6-7-17(20-10-14)24-12-21-22-13-24/h2-7,10,12-13H,8-9,11H2,1H3. The SMILES string of the molecule is COc1ccccc1N1CCN(C(=O)c2ccc(-n3cnnc3)nc2)CC1=O. The van der Waals surface area contributed by atoms with Crippen LogP contribution in [0.15, 0.2) is 55.2 Å². The van der Waals surface area contributed by atoms with Gasteiger partial charge in [-0.25, -0.2) is 4.98 Å². The Balaban J connectivity index is 1.46. The second-order valence-corrected chi connectivity index (χ2v) is 6.22. The maximum atomic E-state index is 12.8. The summed E-state index contributed by atoms with van der Waals surface area (Å²) in [5, 5.41) is 7.46. The van der Waals surface area contributed by atoms with E-state index in [2.05, 4.69) is 15.2 Å². The largest absolute Gasteiger partial charge is 0.495 e. The van der Waals surface area contributed by atoms with E-state index in [-0.39, 0.29) is 18.4 Å². The molecule has 0 radical (unpaired) electrons. The van der Waals surface area contributed by atoms with Crippen molar-refractivity contribution in [1.82, 2.24) is 24.6 Å². The molecule has 0 bridgehead atoms. The summed E-state index contributed by atoms with van der Waals surface area (Å²) in [7, 11) is 1.57. The topological polar surface area (TPSA) is 93.4 Å². The number of carbonyl (C=O) groups is 2. The first-order valence-electron chi connectivity index (χ1n) is 8.71. The molecule has 28 heavy (non-hydrogen) atoms. The summed E-state index contributed by atoms with van der Waals surface area (Å²) in [5.41, 5.74) is 1.14. The van der Waals surface area contributed by atoms with Crippen LogP contribution in [0.25, 0.3) is 5.82 Å². The van der Waals surface area contributed by atoms with Crippen LogP contribution in [0.1, 0.15) is 10.4 Å². The smallest absolute Gasteiger partial charge is 0.255 e. The van der Waals surface area contributed by atoms with E-state index in [4.69, 9.17) is 4.74 Å². The van der Waals surface area contributed by atoms with Gasteiger partial charge in [0.15, 0.2) is 0 Å². The lowest BCUT2D eigenvalue weighted by molar-refractivity contribution is -0.120. The fourth-order valence-corrected chi connectivity index (χ4v) is 3.12. The highest BCUT2D eigenvalue weighted by Gasteiger charge is 2.30. The molecule has 1 aliphatic heterocycles. The Bertz CT molecular complexity index is 987. The van der Waals surface area contributed by atoms with Crippen LogP contribution in [0, 0.1) is 0 Å². The summed E-state index contributed by atoms with van der Waals surface area (Å²) in [6.45, 7) is 0.830. The molecule has 0 aliphatic carbocycles. The molecule has 3 aromatic rings. The highest BCUT2D eigenvalue weighted by Crippen LogP contribution is 2.29. The molecule has 0 saturated carbocycles. The number of anilines is 1. The molecule has 142 valence electrons. The maximum absolute atomic E-state index is 12.8. The van der Waals surface area contributed by atoms with Crippen molar-refractivity contribution in [1.29, 1.82) is 0 Å². The monoisotopic (exact) mass is 378 g/mol. The molecule has 1 fully saturated rings. The molecule has 1 aromatic carbocycles. The number of rotatable bonds is 4. The van der Waals surface area contributed by atoms with Crippen LogP contribution in [0.2, 0.25) is 0 Å². The molecule has 4 rings (SSSR count). The second kappa shape index (κ2) is 7.47. The van der Waals surface area contributed by atoms with Gasteiger partial charge in [-0.2, -0.15) is 0 Å². The lowest BCUT2D eigenvalue weighted by Gasteiger charge is -2.34. The fourth-order valence-electron chi connectivity index (χ4n) is 3.12. The maximum Gasteiger partial charge on any atom is 0.255 e. The summed E-state index contributed by atoms with van der Waals surface area (Å²) >= 11 is 0. The van der Waals surface area contributed by atoms with Crippen molar-refractivity contribution >= 4 is 17.5 Å². The van der Waals surface area contributed by atoms with Crippen molar-refractivity contribution in [2.24, 2.45) is 0 Å². The van der Waals surface area contributed by atoms with Gasteiger partial charge in [-0.3, -0.25) is 14.2 Å². The molecule has 1 saturated heterocycles. The van der Waals surface area contributed by atoms with E-state index in [1.807, 2.05) is 24.3 Å². The Kier molecular flexibility index (Phi) is 4.71. The van der Waals surface area contributed by atoms with Crippen molar-refractivity contribution in [3.63, 3.8) is 0 Å². The summed E-state index contributed by atoms with van der Waals surface area (Å²) in [5.74, 6) is 0.858. The number of hydrogen-bond donors (Lipinski definition) is 0.